The van der Waals surface area contributed by atoms with Gasteiger partial charge < -0.3 is 24.7 Å². The summed E-state index contributed by atoms with van der Waals surface area (Å²) in [4.78, 5) is 55.5. The standard InChI is InChI=1S/C30H25N3O8/c31-23-16-17-33(30(37)32-23)26-25(41-29(36)21-14-8-3-9-15-21)24(40-28(35)20-12-6-2-7-13-20)22(39-26)18-38-27(34)19-10-4-1-5-11-19/h1-17,22,24-26H,18H2,(H2,31,32,37). The molecule has 11 nitrogen and oxygen atoms in total. The van der Waals surface area contributed by atoms with E-state index in [9.17, 15) is 19.2 Å². The van der Waals surface area contributed by atoms with E-state index in [0.29, 0.717) is 5.56 Å². The van der Waals surface area contributed by atoms with Crippen molar-refractivity contribution in [3.8, 4) is 0 Å². The second kappa shape index (κ2) is 12.3. The van der Waals surface area contributed by atoms with Gasteiger partial charge in [0, 0.05) is 6.20 Å². The molecule has 0 radical (unpaired) electrons. The fourth-order valence-electron chi connectivity index (χ4n) is 4.30. The zero-order valence-corrected chi connectivity index (χ0v) is 21.6. The van der Waals surface area contributed by atoms with Crippen molar-refractivity contribution in [3.63, 3.8) is 0 Å². The predicted octanol–water partition coefficient (Wildman–Crippen LogP) is 3.03. The van der Waals surface area contributed by atoms with Crippen molar-refractivity contribution >= 4 is 23.7 Å². The summed E-state index contributed by atoms with van der Waals surface area (Å²) in [7, 11) is 0. The lowest BCUT2D eigenvalue weighted by Gasteiger charge is -2.25. The minimum Gasteiger partial charge on any atom is -0.459 e. The molecule has 11 heteroatoms. The van der Waals surface area contributed by atoms with Crippen LogP contribution in [0, 0.1) is 0 Å². The summed E-state index contributed by atoms with van der Waals surface area (Å²) in [6.07, 6.45) is -3.71. The van der Waals surface area contributed by atoms with Crippen molar-refractivity contribution < 1.29 is 33.3 Å². The Balaban J connectivity index is 1.49. The van der Waals surface area contributed by atoms with Crippen molar-refractivity contribution in [1.29, 1.82) is 0 Å². The summed E-state index contributed by atoms with van der Waals surface area (Å²) in [5, 5.41) is 0. The van der Waals surface area contributed by atoms with Crippen LogP contribution in [0.2, 0.25) is 0 Å². The zero-order chi connectivity index (χ0) is 28.8. The van der Waals surface area contributed by atoms with Crippen LogP contribution in [0.5, 0.6) is 0 Å². The van der Waals surface area contributed by atoms with Gasteiger partial charge in [0.25, 0.3) is 0 Å². The molecule has 1 aromatic heterocycles. The van der Waals surface area contributed by atoms with E-state index in [1.165, 1.54) is 12.3 Å². The van der Waals surface area contributed by atoms with Gasteiger partial charge in [0.2, 0.25) is 0 Å². The van der Waals surface area contributed by atoms with Crippen molar-refractivity contribution in [3.05, 3.63) is 130 Å². The van der Waals surface area contributed by atoms with Gasteiger partial charge in [0.05, 0.1) is 16.7 Å². The molecule has 2 heterocycles. The van der Waals surface area contributed by atoms with Crippen LogP contribution in [0.4, 0.5) is 5.82 Å². The van der Waals surface area contributed by atoms with Crippen LogP contribution in [0.15, 0.2) is 108 Å². The Labute approximate surface area is 234 Å². The topological polar surface area (TPSA) is 149 Å². The van der Waals surface area contributed by atoms with E-state index in [1.54, 1.807) is 91.0 Å². The fraction of sp³-hybridized carbons (Fsp3) is 0.167. The highest BCUT2D eigenvalue weighted by atomic mass is 16.7. The van der Waals surface area contributed by atoms with E-state index in [-0.39, 0.29) is 23.6 Å². The van der Waals surface area contributed by atoms with Crippen LogP contribution in [0.3, 0.4) is 0 Å². The highest BCUT2D eigenvalue weighted by molar-refractivity contribution is 5.91. The van der Waals surface area contributed by atoms with E-state index in [2.05, 4.69) is 4.98 Å². The number of hydrogen-bond donors (Lipinski definition) is 1. The third-order valence-corrected chi connectivity index (χ3v) is 6.30. The number of hydrogen-bond acceptors (Lipinski definition) is 10. The van der Waals surface area contributed by atoms with E-state index in [1.807, 2.05) is 0 Å². The molecule has 1 aliphatic rings. The molecule has 5 rings (SSSR count). The number of carbonyl (C=O) groups is 3. The Morgan fingerprint density at radius 3 is 1.73 bits per heavy atom. The van der Waals surface area contributed by atoms with Crippen LogP contribution in [-0.4, -0.2) is 52.4 Å². The van der Waals surface area contributed by atoms with Gasteiger partial charge in [-0.1, -0.05) is 54.6 Å². The maximum absolute atomic E-state index is 13.1. The largest absolute Gasteiger partial charge is 0.459 e. The molecular formula is C30H25N3O8. The number of nitrogens with zero attached hydrogens (tertiary/aromatic N) is 2. The smallest absolute Gasteiger partial charge is 0.351 e. The van der Waals surface area contributed by atoms with Gasteiger partial charge in [-0.05, 0) is 42.5 Å². The van der Waals surface area contributed by atoms with E-state index in [0.717, 1.165) is 4.57 Å². The monoisotopic (exact) mass is 555 g/mol. The van der Waals surface area contributed by atoms with Gasteiger partial charge in [-0.25, -0.2) is 19.2 Å². The van der Waals surface area contributed by atoms with Crippen molar-refractivity contribution in [2.45, 2.75) is 24.5 Å². The number of nitrogens with two attached hydrogens (primary N) is 1. The molecular weight excluding hydrogens is 530 g/mol. The highest BCUT2D eigenvalue weighted by Crippen LogP contribution is 2.34. The summed E-state index contributed by atoms with van der Waals surface area (Å²) in [6.45, 7) is -0.381. The van der Waals surface area contributed by atoms with Crippen LogP contribution < -0.4 is 11.4 Å². The maximum Gasteiger partial charge on any atom is 0.351 e. The zero-order valence-electron chi connectivity index (χ0n) is 21.6. The molecule has 208 valence electrons. The van der Waals surface area contributed by atoms with Crippen LogP contribution >= 0.6 is 0 Å². The quantitative estimate of drug-likeness (QED) is 0.254. The molecule has 41 heavy (non-hydrogen) atoms. The molecule has 1 aliphatic heterocycles. The van der Waals surface area contributed by atoms with E-state index >= 15 is 0 Å². The van der Waals surface area contributed by atoms with Crippen LogP contribution in [-0.2, 0) is 18.9 Å². The Morgan fingerprint density at radius 1 is 0.732 bits per heavy atom. The summed E-state index contributed by atoms with van der Waals surface area (Å²) in [6, 6.07) is 26.0. The number of ether oxygens (including phenoxy) is 4. The predicted molar refractivity (Wildman–Crippen MR) is 145 cm³/mol. The Hall–Kier alpha value is -5.29. The van der Waals surface area contributed by atoms with Crippen molar-refractivity contribution in [1.82, 2.24) is 9.55 Å². The summed E-state index contributed by atoms with van der Waals surface area (Å²) < 4.78 is 24.3. The molecule has 0 aliphatic carbocycles. The number of benzene rings is 3. The number of rotatable bonds is 8. The lowest BCUT2D eigenvalue weighted by molar-refractivity contribution is -0.0639. The Kier molecular flexibility index (Phi) is 8.16. The lowest BCUT2D eigenvalue weighted by Crippen LogP contribution is -2.42. The molecule has 4 unspecified atom stereocenters. The Bertz CT molecular complexity index is 1580. The van der Waals surface area contributed by atoms with Gasteiger partial charge >= 0.3 is 23.6 Å². The number of nitrogen functional groups attached to an aromatic ring is 1. The number of aromatic nitrogens is 2. The molecule has 3 aromatic carbocycles. The number of anilines is 1. The third kappa shape index (κ3) is 6.31. The first-order chi connectivity index (χ1) is 19.9. The number of carbonyl (C=O) groups excluding carboxylic acids is 3. The first-order valence-corrected chi connectivity index (χ1v) is 12.6. The molecule has 2 N–H and O–H groups in total. The fourth-order valence-corrected chi connectivity index (χ4v) is 4.30. The number of esters is 3. The molecule has 0 spiro atoms. The van der Waals surface area contributed by atoms with Crippen molar-refractivity contribution in [2.75, 3.05) is 12.3 Å². The van der Waals surface area contributed by atoms with Gasteiger partial charge in [0.1, 0.15) is 18.5 Å². The van der Waals surface area contributed by atoms with Gasteiger partial charge in [-0.3, -0.25) is 4.57 Å². The summed E-state index contributed by atoms with van der Waals surface area (Å²) in [5.74, 6) is -2.15. The summed E-state index contributed by atoms with van der Waals surface area (Å²) in [5.41, 5.74) is 5.63. The van der Waals surface area contributed by atoms with Gasteiger partial charge in [0.15, 0.2) is 18.4 Å². The molecule has 4 aromatic rings. The average Bonchev–Trinajstić information content (AvgIpc) is 3.33. The summed E-state index contributed by atoms with van der Waals surface area (Å²) >= 11 is 0. The maximum atomic E-state index is 13.1. The molecule has 0 bridgehead atoms. The second-order valence-electron chi connectivity index (χ2n) is 9.04. The first-order valence-electron chi connectivity index (χ1n) is 12.6. The molecule has 1 saturated heterocycles. The second-order valence-corrected chi connectivity index (χ2v) is 9.04. The molecule has 0 saturated carbocycles. The van der Waals surface area contributed by atoms with Gasteiger partial charge in [-0.15, -0.1) is 0 Å². The molecule has 1 fully saturated rings. The minimum absolute atomic E-state index is 0.0255. The van der Waals surface area contributed by atoms with Gasteiger partial charge in [-0.2, -0.15) is 4.98 Å². The van der Waals surface area contributed by atoms with Crippen LogP contribution in [0.25, 0.3) is 0 Å². The van der Waals surface area contributed by atoms with E-state index in [4.69, 9.17) is 24.7 Å². The molecule has 0 amide bonds. The lowest BCUT2D eigenvalue weighted by atomic mass is 10.1. The minimum atomic E-state index is -1.33. The molecule has 4 atom stereocenters. The van der Waals surface area contributed by atoms with Crippen molar-refractivity contribution in [2.24, 2.45) is 0 Å². The van der Waals surface area contributed by atoms with Crippen LogP contribution in [0.1, 0.15) is 37.3 Å². The Morgan fingerprint density at radius 2 is 1.22 bits per heavy atom. The highest BCUT2D eigenvalue weighted by Gasteiger charge is 2.51. The third-order valence-electron chi connectivity index (χ3n) is 6.30. The SMILES string of the molecule is Nc1ccn(C2OC(COC(=O)c3ccccc3)C(OC(=O)c3ccccc3)C2OC(=O)c2ccccc2)c(=O)n1. The van der Waals surface area contributed by atoms with E-state index < -0.39 is 48.1 Å². The first kappa shape index (κ1) is 27.3. The normalized spacial score (nSPS) is 19.7. The average molecular weight is 556 g/mol.